The maximum absolute atomic E-state index is 11.3. The standard InChI is InChI=1S/C11H20N2O3/c1-4-10(14)7-6-8-12(3)9-11(15)13(16)5-2/h6-7,16H,4-5,8-9H2,1-3H3/b7-6+. The van der Waals surface area contributed by atoms with Crippen molar-refractivity contribution in [1.29, 1.82) is 0 Å². The van der Waals surface area contributed by atoms with E-state index in [9.17, 15) is 9.59 Å². The zero-order chi connectivity index (χ0) is 12.6. The van der Waals surface area contributed by atoms with Crippen LogP contribution in [0.1, 0.15) is 20.3 Å². The highest BCUT2D eigenvalue weighted by Gasteiger charge is 2.10. The lowest BCUT2D eigenvalue weighted by atomic mass is 10.3. The van der Waals surface area contributed by atoms with E-state index >= 15 is 0 Å². The fourth-order valence-corrected chi connectivity index (χ4v) is 1.04. The van der Waals surface area contributed by atoms with Gasteiger partial charge in [0, 0.05) is 19.5 Å². The van der Waals surface area contributed by atoms with Crippen LogP contribution in [0, 0.1) is 0 Å². The minimum atomic E-state index is -0.347. The molecular weight excluding hydrogens is 208 g/mol. The van der Waals surface area contributed by atoms with Crippen molar-refractivity contribution in [3.05, 3.63) is 12.2 Å². The number of rotatable bonds is 7. The Labute approximate surface area is 96.3 Å². The molecule has 92 valence electrons. The van der Waals surface area contributed by atoms with Crippen LogP contribution in [0.15, 0.2) is 12.2 Å². The van der Waals surface area contributed by atoms with Crippen LogP contribution in [-0.4, -0.2) is 53.5 Å². The first-order chi connectivity index (χ1) is 7.51. The van der Waals surface area contributed by atoms with Crippen molar-refractivity contribution in [2.75, 3.05) is 26.7 Å². The second-order valence-electron chi connectivity index (χ2n) is 3.53. The first kappa shape index (κ1) is 14.8. The first-order valence-corrected chi connectivity index (χ1v) is 5.38. The van der Waals surface area contributed by atoms with Gasteiger partial charge >= 0.3 is 0 Å². The highest BCUT2D eigenvalue weighted by Crippen LogP contribution is 1.90. The molecule has 0 radical (unpaired) electrons. The molecule has 1 amide bonds. The summed E-state index contributed by atoms with van der Waals surface area (Å²) in [5.74, 6) is -0.280. The molecule has 0 unspecified atom stereocenters. The van der Waals surface area contributed by atoms with Crippen LogP contribution in [-0.2, 0) is 9.59 Å². The van der Waals surface area contributed by atoms with Gasteiger partial charge in [0.25, 0.3) is 5.91 Å². The third-order valence-corrected chi connectivity index (χ3v) is 2.06. The van der Waals surface area contributed by atoms with Crippen molar-refractivity contribution < 1.29 is 14.8 Å². The fraction of sp³-hybridized carbons (Fsp3) is 0.636. The Balaban J connectivity index is 3.91. The first-order valence-electron chi connectivity index (χ1n) is 5.38. The molecule has 0 aromatic rings. The van der Waals surface area contributed by atoms with Gasteiger partial charge in [0.2, 0.25) is 0 Å². The Morgan fingerprint density at radius 3 is 2.44 bits per heavy atom. The summed E-state index contributed by atoms with van der Waals surface area (Å²) in [7, 11) is 1.75. The molecule has 5 nitrogen and oxygen atoms in total. The van der Waals surface area contributed by atoms with Gasteiger partial charge in [-0.1, -0.05) is 13.0 Å². The van der Waals surface area contributed by atoms with E-state index in [2.05, 4.69) is 0 Å². The van der Waals surface area contributed by atoms with Crippen molar-refractivity contribution in [1.82, 2.24) is 9.96 Å². The van der Waals surface area contributed by atoms with E-state index in [1.54, 1.807) is 31.9 Å². The van der Waals surface area contributed by atoms with E-state index in [1.165, 1.54) is 6.08 Å². The highest BCUT2D eigenvalue weighted by atomic mass is 16.5. The molecule has 5 heteroatoms. The number of amides is 1. The summed E-state index contributed by atoms with van der Waals surface area (Å²) >= 11 is 0. The molecule has 0 aromatic heterocycles. The number of ketones is 1. The van der Waals surface area contributed by atoms with Crippen LogP contribution in [0.2, 0.25) is 0 Å². The average molecular weight is 228 g/mol. The van der Waals surface area contributed by atoms with E-state index in [1.807, 2.05) is 0 Å². The van der Waals surface area contributed by atoms with Crippen molar-refractivity contribution in [2.45, 2.75) is 20.3 Å². The van der Waals surface area contributed by atoms with Crippen molar-refractivity contribution in [3.8, 4) is 0 Å². The number of likely N-dealkylation sites (N-methyl/N-ethyl adjacent to an activating group) is 2. The molecule has 0 aliphatic rings. The van der Waals surface area contributed by atoms with Gasteiger partial charge < -0.3 is 0 Å². The molecule has 0 aromatic carbocycles. The third-order valence-electron chi connectivity index (χ3n) is 2.06. The SMILES string of the molecule is CCC(=O)/C=C/CN(C)CC(=O)N(O)CC. The van der Waals surface area contributed by atoms with Gasteiger partial charge in [0.1, 0.15) is 0 Å². The Morgan fingerprint density at radius 2 is 1.94 bits per heavy atom. The molecular formula is C11H20N2O3. The van der Waals surface area contributed by atoms with Crippen LogP contribution in [0.25, 0.3) is 0 Å². The van der Waals surface area contributed by atoms with Crippen LogP contribution >= 0.6 is 0 Å². The number of hydroxylamine groups is 2. The molecule has 0 saturated heterocycles. The quantitative estimate of drug-likeness (QED) is 0.396. The monoisotopic (exact) mass is 228 g/mol. The maximum atomic E-state index is 11.3. The molecule has 0 rings (SSSR count). The van der Waals surface area contributed by atoms with E-state index in [4.69, 9.17) is 5.21 Å². The topological polar surface area (TPSA) is 60.9 Å². The summed E-state index contributed by atoms with van der Waals surface area (Å²) in [4.78, 5) is 24.0. The number of nitrogens with zero attached hydrogens (tertiary/aromatic N) is 2. The van der Waals surface area contributed by atoms with E-state index in [0.29, 0.717) is 18.0 Å². The summed E-state index contributed by atoms with van der Waals surface area (Å²) in [5.41, 5.74) is 0. The number of hydrogen-bond acceptors (Lipinski definition) is 4. The smallest absolute Gasteiger partial charge is 0.260 e. The Kier molecular flexibility index (Phi) is 7.41. The lowest BCUT2D eigenvalue weighted by molar-refractivity contribution is -0.165. The molecule has 0 aliphatic carbocycles. The summed E-state index contributed by atoms with van der Waals surface area (Å²) in [5, 5.41) is 9.79. The van der Waals surface area contributed by atoms with Gasteiger partial charge in [-0.25, -0.2) is 5.06 Å². The van der Waals surface area contributed by atoms with Gasteiger partial charge in [-0.2, -0.15) is 0 Å². The summed E-state index contributed by atoms with van der Waals surface area (Å²) in [6.45, 7) is 4.41. The molecule has 0 atom stereocenters. The normalized spacial score (nSPS) is 11.1. The van der Waals surface area contributed by atoms with Crippen molar-refractivity contribution in [3.63, 3.8) is 0 Å². The second kappa shape index (κ2) is 8.01. The van der Waals surface area contributed by atoms with Gasteiger partial charge in [-0.15, -0.1) is 0 Å². The van der Waals surface area contributed by atoms with E-state index in [-0.39, 0.29) is 24.8 Å². The van der Waals surface area contributed by atoms with E-state index < -0.39 is 0 Å². The van der Waals surface area contributed by atoms with Crippen LogP contribution < -0.4 is 0 Å². The van der Waals surface area contributed by atoms with Gasteiger partial charge in [-0.3, -0.25) is 19.7 Å². The van der Waals surface area contributed by atoms with E-state index in [0.717, 1.165) is 0 Å². The lowest BCUT2D eigenvalue weighted by Gasteiger charge is -2.17. The number of carbonyl (C=O) groups excluding carboxylic acids is 2. The van der Waals surface area contributed by atoms with Gasteiger partial charge in [0.15, 0.2) is 5.78 Å². The van der Waals surface area contributed by atoms with Crippen molar-refractivity contribution in [2.24, 2.45) is 0 Å². The molecule has 0 fully saturated rings. The molecule has 0 saturated carbocycles. The summed E-state index contributed by atoms with van der Waals surface area (Å²) < 4.78 is 0. The molecule has 1 N–H and O–H groups in total. The highest BCUT2D eigenvalue weighted by molar-refractivity contribution is 5.89. The Morgan fingerprint density at radius 1 is 1.31 bits per heavy atom. The summed E-state index contributed by atoms with van der Waals surface area (Å²) in [6, 6.07) is 0. The van der Waals surface area contributed by atoms with Gasteiger partial charge in [-0.05, 0) is 20.0 Å². The fourth-order valence-electron chi connectivity index (χ4n) is 1.04. The number of hydrogen-bond donors (Lipinski definition) is 1. The molecule has 0 aliphatic heterocycles. The minimum Gasteiger partial charge on any atom is -0.295 e. The molecule has 0 heterocycles. The zero-order valence-corrected chi connectivity index (χ0v) is 10.1. The Hall–Kier alpha value is -1.20. The zero-order valence-electron chi connectivity index (χ0n) is 10.1. The third kappa shape index (κ3) is 6.31. The predicted molar refractivity (Wildman–Crippen MR) is 61.1 cm³/mol. The van der Waals surface area contributed by atoms with Crippen molar-refractivity contribution >= 4 is 11.7 Å². The maximum Gasteiger partial charge on any atom is 0.260 e. The lowest BCUT2D eigenvalue weighted by Crippen LogP contribution is -2.36. The van der Waals surface area contributed by atoms with Crippen LogP contribution in [0.3, 0.4) is 0 Å². The largest absolute Gasteiger partial charge is 0.295 e. The molecule has 0 bridgehead atoms. The molecule has 0 spiro atoms. The second-order valence-corrected chi connectivity index (χ2v) is 3.53. The van der Waals surface area contributed by atoms with Crippen LogP contribution in [0.4, 0.5) is 0 Å². The Bertz CT molecular complexity index is 264. The summed E-state index contributed by atoms with van der Waals surface area (Å²) in [6.07, 6.45) is 3.71. The molecule has 16 heavy (non-hydrogen) atoms. The number of carbonyl (C=O) groups is 2. The number of allylic oxidation sites excluding steroid dienone is 1. The average Bonchev–Trinajstić information content (AvgIpc) is 2.27. The predicted octanol–water partition coefficient (Wildman–Crippen LogP) is 0.691. The van der Waals surface area contributed by atoms with Gasteiger partial charge in [0.05, 0.1) is 6.54 Å². The minimum absolute atomic E-state index is 0.0667. The van der Waals surface area contributed by atoms with Crippen LogP contribution in [0.5, 0.6) is 0 Å².